The fourth-order valence-corrected chi connectivity index (χ4v) is 5.05. The second kappa shape index (κ2) is 9.65. The van der Waals surface area contributed by atoms with Crippen LogP contribution in [-0.4, -0.2) is 32.0 Å². The van der Waals surface area contributed by atoms with Crippen molar-refractivity contribution in [2.24, 2.45) is 0 Å². The lowest BCUT2D eigenvalue weighted by Crippen LogP contribution is -2.33. The molecular formula is C27H27N5OS. The van der Waals surface area contributed by atoms with Gasteiger partial charge in [-0.15, -0.1) is 0 Å². The maximum Gasteiger partial charge on any atom is 0.226 e. The van der Waals surface area contributed by atoms with Crippen LogP contribution in [-0.2, 0) is 11.3 Å². The molecule has 0 unspecified atom stereocenters. The summed E-state index contributed by atoms with van der Waals surface area (Å²) in [5.41, 5.74) is 2.91. The highest BCUT2D eigenvalue weighted by Crippen LogP contribution is 2.38. The minimum absolute atomic E-state index is 0.0370. The van der Waals surface area contributed by atoms with Crippen molar-refractivity contribution in [3.63, 3.8) is 0 Å². The van der Waals surface area contributed by atoms with Gasteiger partial charge in [0.2, 0.25) is 5.91 Å². The van der Waals surface area contributed by atoms with Gasteiger partial charge >= 0.3 is 0 Å². The van der Waals surface area contributed by atoms with E-state index in [1.165, 1.54) is 0 Å². The number of rotatable bonds is 7. The van der Waals surface area contributed by atoms with Crippen LogP contribution in [0.25, 0.3) is 10.8 Å². The van der Waals surface area contributed by atoms with E-state index in [0.29, 0.717) is 18.1 Å². The fraction of sp³-hybridized carbons (Fsp3) is 0.222. The number of fused-ring (bicyclic) bond motifs is 1. The number of aryl methyl sites for hydroxylation is 1. The number of benzene rings is 2. The molecule has 0 saturated carbocycles. The summed E-state index contributed by atoms with van der Waals surface area (Å²) in [5.74, 6) is -0.0370. The number of anilines is 1. The third-order valence-electron chi connectivity index (χ3n) is 6.35. The Morgan fingerprint density at radius 2 is 1.88 bits per heavy atom. The summed E-state index contributed by atoms with van der Waals surface area (Å²) in [4.78, 5) is 19.7. The summed E-state index contributed by atoms with van der Waals surface area (Å²) >= 11 is 5.74. The summed E-state index contributed by atoms with van der Waals surface area (Å²) in [5, 5.41) is 9.32. The van der Waals surface area contributed by atoms with Gasteiger partial charge in [0.25, 0.3) is 0 Å². The molecule has 2 aromatic heterocycles. The lowest BCUT2D eigenvalue weighted by molar-refractivity contribution is -0.116. The normalized spacial score (nSPS) is 17.7. The van der Waals surface area contributed by atoms with E-state index >= 15 is 0 Å². The van der Waals surface area contributed by atoms with E-state index in [1.54, 1.807) is 6.20 Å². The second-order valence-electron chi connectivity index (χ2n) is 8.36. The third-order valence-corrected chi connectivity index (χ3v) is 6.70. The summed E-state index contributed by atoms with van der Waals surface area (Å²) in [7, 11) is 0. The topological polar surface area (TPSA) is 62.2 Å². The lowest BCUT2D eigenvalue weighted by Gasteiger charge is -2.28. The van der Waals surface area contributed by atoms with Crippen molar-refractivity contribution in [3.8, 4) is 0 Å². The number of nitrogens with one attached hydrogen (secondary N) is 2. The molecule has 2 aromatic carbocycles. The number of pyridine rings is 1. The van der Waals surface area contributed by atoms with Crippen LogP contribution < -0.4 is 10.6 Å². The highest BCUT2D eigenvalue weighted by Gasteiger charge is 2.40. The van der Waals surface area contributed by atoms with E-state index in [-0.39, 0.29) is 18.0 Å². The highest BCUT2D eigenvalue weighted by molar-refractivity contribution is 7.80. The summed E-state index contributed by atoms with van der Waals surface area (Å²) in [6.45, 7) is 3.49. The Hall–Kier alpha value is -3.71. The third kappa shape index (κ3) is 4.26. The number of hydrogen-bond acceptors (Lipinski definition) is 3. The molecule has 7 heteroatoms. The number of carbonyl (C=O) groups excluding carboxylic acids is 1. The molecule has 3 heterocycles. The number of aromatic nitrogens is 2. The van der Waals surface area contributed by atoms with Gasteiger partial charge in [0.05, 0.1) is 17.8 Å². The largest absolute Gasteiger partial charge is 0.352 e. The number of carbonyl (C=O) groups is 1. The first-order valence-electron chi connectivity index (χ1n) is 11.6. The van der Waals surface area contributed by atoms with Crippen LogP contribution >= 0.6 is 12.2 Å². The SMILES string of the molecule is CCn1cccc1[C@H]1[C@@H](c2ccccn2)NC(=S)N1CCC(=O)Nc1cccc2ccccc12. The Bertz CT molecular complexity index is 1310. The summed E-state index contributed by atoms with van der Waals surface area (Å²) in [6, 6.07) is 24.0. The van der Waals surface area contributed by atoms with Crippen molar-refractivity contribution < 1.29 is 4.79 Å². The summed E-state index contributed by atoms with van der Waals surface area (Å²) < 4.78 is 2.22. The van der Waals surface area contributed by atoms with Crippen molar-refractivity contribution in [2.75, 3.05) is 11.9 Å². The van der Waals surface area contributed by atoms with Gasteiger partial charge in [-0.3, -0.25) is 9.78 Å². The van der Waals surface area contributed by atoms with Crippen LogP contribution in [0.1, 0.15) is 36.8 Å². The van der Waals surface area contributed by atoms with Gasteiger partial charge in [-0.2, -0.15) is 0 Å². The van der Waals surface area contributed by atoms with Crippen LogP contribution in [0.15, 0.2) is 85.2 Å². The van der Waals surface area contributed by atoms with Crippen molar-refractivity contribution in [1.82, 2.24) is 19.8 Å². The smallest absolute Gasteiger partial charge is 0.226 e. The van der Waals surface area contributed by atoms with Gasteiger partial charge in [-0.05, 0) is 54.9 Å². The molecule has 1 aliphatic heterocycles. The Balaban J connectivity index is 1.37. The molecule has 6 nitrogen and oxygen atoms in total. The molecule has 5 rings (SSSR count). The number of amides is 1. The zero-order valence-corrected chi connectivity index (χ0v) is 19.8. The van der Waals surface area contributed by atoms with Gasteiger partial charge in [0.15, 0.2) is 5.11 Å². The van der Waals surface area contributed by atoms with Crippen molar-refractivity contribution in [2.45, 2.75) is 32.0 Å². The van der Waals surface area contributed by atoms with Crippen LogP contribution in [0.2, 0.25) is 0 Å². The van der Waals surface area contributed by atoms with Crippen LogP contribution in [0.4, 0.5) is 5.69 Å². The maximum absolute atomic E-state index is 13.0. The summed E-state index contributed by atoms with van der Waals surface area (Å²) in [6.07, 6.45) is 4.21. The first-order valence-corrected chi connectivity index (χ1v) is 12.0. The van der Waals surface area contributed by atoms with Crippen molar-refractivity contribution in [1.29, 1.82) is 0 Å². The molecule has 34 heavy (non-hydrogen) atoms. The molecule has 2 atom stereocenters. The number of thiocarbonyl (C=S) groups is 1. The average molecular weight is 470 g/mol. The first-order chi connectivity index (χ1) is 16.7. The van der Waals surface area contributed by atoms with Crippen LogP contribution in [0, 0.1) is 0 Å². The average Bonchev–Trinajstić information content (AvgIpc) is 3.47. The van der Waals surface area contributed by atoms with Crippen molar-refractivity contribution >= 4 is 39.7 Å². The molecule has 172 valence electrons. The van der Waals surface area contributed by atoms with Crippen molar-refractivity contribution in [3.05, 3.63) is 96.6 Å². The first kappa shape index (κ1) is 22.1. The monoisotopic (exact) mass is 469 g/mol. The molecule has 4 aromatic rings. The van der Waals surface area contributed by atoms with Gasteiger partial charge in [-0.1, -0.05) is 42.5 Å². The van der Waals surface area contributed by atoms with Crippen LogP contribution in [0.5, 0.6) is 0 Å². The van der Waals surface area contributed by atoms with E-state index in [1.807, 2.05) is 60.7 Å². The lowest BCUT2D eigenvalue weighted by atomic mass is 10.0. The van der Waals surface area contributed by atoms with E-state index in [0.717, 1.165) is 34.4 Å². The molecule has 1 fully saturated rings. The Morgan fingerprint density at radius 1 is 1.06 bits per heavy atom. The molecule has 0 bridgehead atoms. The zero-order chi connectivity index (χ0) is 23.5. The van der Waals surface area contributed by atoms with E-state index < -0.39 is 0 Å². The molecule has 0 aliphatic carbocycles. The minimum atomic E-state index is -0.0879. The van der Waals surface area contributed by atoms with Gasteiger partial charge < -0.3 is 20.1 Å². The fourth-order valence-electron chi connectivity index (χ4n) is 4.72. The highest BCUT2D eigenvalue weighted by atomic mass is 32.1. The molecule has 1 amide bonds. The predicted octanol–water partition coefficient (Wildman–Crippen LogP) is 5.06. The predicted molar refractivity (Wildman–Crippen MR) is 139 cm³/mol. The number of nitrogens with zero attached hydrogens (tertiary/aromatic N) is 3. The zero-order valence-electron chi connectivity index (χ0n) is 19.0. The Kier molecular flexibility index (Phi) is 6.27. The van der Waals surface area contributed by atoms with Gasteiger partial charge in [0.1, 0.15) is 0 Å². The molecule has 2 N–H and O–H groups in total. The van der Waals surface area contributed by atoms with E-state index in [4.69, 9.17) is 12.2 Å². The maximum atomic E-state index is 13.0. The molecule has 1 aliphatic rings. The van der Waals surface area contributed by atoms with Gasteiger partial charge in [-0.25, -0.2) is 0 Å². The van der Waals surface area contributed by atoms with E-state index in [9.17, 15) is 4.79 Å². The molecule has 1 saturated heterocycles. The Morgan fingerprint density at radius 3 is 2.71 bits per heavy atom. The molecule has 0 spiro atoms. The molecule has 0 radical (unpaired) electrons. The van der Waals surface area contributed by atoms with E-state index in [2.05, 4.69) is 50.3 Å². The standard InChI is InChI=1S/C27H27N5OS/c1-2-31-17-8-14-23(31)26-25(22-12-5-6-16-28-22)30-27(34)32(26)18-15-24(33)29-21-13-7-10-19-9-3-4-11-20(19)21/h3-14,16-17,25-26H,2,15,18H2,1H3,(H,29,33)(H,30,34)/t25-,26+/m1/s1. The molecular weight excluding hydrogens is 442 g/mol. The second-order valence-corrected chi connectivity index (χ2v) is 8.75. The number of hydrogen-bond donors (Lipinski definition) is 2. The van der Waals surface area contributed by atoms with Gasteiger partial charge in [0, 0.05) is 48.7 Å². The quantitative estimate of drug-likeness (QED) is 0.371. The minimum Gasteiger partial charge on any atom is -0.352 e. The van der Waals surface area contributed by atoms with Crippen LogP contribution in [0.3, 0.4) is 0 Å². The Labute approximate surface area is 204 Å².